The summed E-state index contributed by atoms with van der Waals surface area (Å²) >= 11 is 0. The van der Waals surface area contributed by atoms with Gasteiger partial charge < -0.3 is 24.6 Å². The number of carbonyl (C=O) groups is 1. The highest BCUT2D eigenvalue weighted by molar-refractivity contribution is 5.91. The second-order valence-corrected chi connectivity index (χ2v) is 5.52. The number of nitrogens with one attached hydrogen (secondary N) is 2. The Morgan fingerprint density at radius 2 is 2.20 bits per heavy atom. The van der Waals surface area contributed by atoms with E-state index in [9.17, 15) is 4.79 Å². The van der Waals surface area contributed by atoms with E-state index < -0.39 is 0 Å². The minimum atomic E-state index is -0.0473. The third-order valence-corrected chi connectivity index (χ3v) is 3.51. The number of hydrogen-bond acceptors (Lipinski definition) is 7. The molecule has 1 aromatic heterocycles. The zero-order valence-electron chi connectivity index (χ0n) is 13.9. The molecule has 1 amide bonds. The van der Waals surface area contributed by atoms with Crippen molar-refractivity contribution >= 4 is 24.0 Å². The van der Waals surface area contributed by atoms with Crippen molar-refractivity contribution in [3.05, 3.63) is 36.0 Å². The number of benzene rings is 1. The molecule has 0 radical (unpaired) electrons. The zero-order valence-corrected chi connectivity index (χ0v) is 14.7. The average molecular weight is 369 g/mol. The van der Waals surface area contributed by atoms with Crippen LogP contribution < -0.4 is 15.4 Å². The van der Waals surface area contributed by atoms with Crippen LogP contribution in [0, 0.1) is 6.92 Å². The molecule has 0 bridgehead atoms. The number of aromatic nitrogens is 2. The Morgan fingerprint density at radius 3 is 2.84 bits per heavy atom. The number of aryl methyl sites for hydroxylation is 1. The van der Waals surface area contributed by atoms with Gasteiger partial charge in [-0.05, 0) is 24.3 Å². The molecule has 1 atom stereocenters. The number of anilines is 1. The third-order valence-electron chi connectivity index (χ3n) is 3.51. The van der Waals surface area contributed by atoms with Gasteiger partial charge in [0, 0.05) is 31.6 Å². The van der Waals surface area contributed by atoms with E-state index in [1.807, 2.05) is 0 Å². The highest BCUT2D eigenvalue weighted by Crippen LogP contribution is 2.17. The van der Waals surface area contributed by atoms with Crippen LogP contribution in [-0.4, -0.2) is 41.8 Å². The van der Waals surface area contributed by atoms with Gasteiger partial charge in [-0.15, -0.1) is 12.4 Å². The van der Waals surface area contributed by atoms with Crippen LogP contribution in [0.15, 0.2) is 28.8 Å². The van der Waals surface area contributed by atoms with E-state index >= 15 is 0 Å². The van der Waals surface area contributed by atoms with Crippen LogP contribution >= 0.6 is 12.4 Å². The van der Waals surface area contributed by atoms with Gasteiger partial charge in [0.2, 0.25) is 17.6 Å². The Morgan fingerprint density at radius 1 is 1.40 bits per heavy atom. The lowest BCUT2D eigenvalue weighted by Gasteiger charge is -2.23. The molecule has 2 N–H and O–H groups in total. The molecular weight excluding hydrogens is 348 g/mol. The SMILES string of the molecule is Cc1nc(COc2ccc(NC(=O)CC3COCCN3)cc2)no1.Cl. The summed E-state index contributed by atoms with van der Waals surface area (Å²) in [5.41, 5.74) is 0.722. The monoisotopic (exact) mass is 368 g/mol. The predicted molar refractivity (Wildman–Crippen MR) is 92.9 cm³/mol. The Balaban J connectivity index is 0.00000225. The maximum absolute atomic E-state index is 12.0. The number of halogens is 1. The number of nitrogens with zero attached hydrogens (tertiary/aromatic N) is 2. The lowest BCUT2D eigenvalue weighted by molar-refractivity contribution is -0.117. The second kappa shape index (κ2) is 9.36. The number of ether oxygens (including phenoxy) is 2. The van der Waals surface area contributed by atoms with Crippen LogP contribution in [0.3, 0.4) is 0 Å². The molecule has 25 heavy (non-hydrogen) atoms. The van der Waals surface area contributed by atoms with Gasteiger partial charge in [-0.2, -0.15) is 4.98 Å². The molecule has 136 valence electrons. The molecule has 1 aliphatic heterocycles. The van der Waals surface area contributed by atoms with Crippen LogP contribution in [0.5, 0.6) is 5.75 Å². The standard InChI is InChI=1S/C16H20N4O4.ClH/c1-11-18-15(20-24-11)10-23-14-4-2-12(3-5-14)19-16(21)8-13-9-22-7-6-17-13;/h2-5,13,17H,6-10H2,1H3,(H,19,21);1H. The van der Waals surface area contributed by atoms with Gasteiger partial charge in [0.25, 0.3) is 0 Å². The van der Waals surface area contributed by atoms with E-state index in [0.29, 0.717) is 37.1 Å². The molecule has 1 saturated heterocycles. The van der Waals surface area contributed by atoms with Crippen LogP contribution in [0.1, 0.15) is 18.1 Å². The number of carbonyl (C=O) groups excluding carboxylic acids is 1. The fourth-order valence-corrected chi connectivity index (χ4v) is 2.37. The quantitative estimate of drug-likeness (QED) is 0.800. The molecule has 0 spiro atoms. The first-order chi connectivity index (χ1) is 11.7. The van der Waals surface area contributed by atoms with E-state index in [1.54, 1.807) is 31.2 Å². The molecule has 2 aromatic rings. The van der Waals surface area contributed by atoms with Crippen molar-refractivity contribution in [1.29, 1.82) is 0 Å². The summed E-state index contributed by atoms with van der Waals surface area (Å²) in [6.07, 6.45) is 0.384. The van der Waals surface area contributed by atoms with Gasteiger partial charge >= 0.3 is 0 Å². The Hall–Kier alpha value is -2.16. The summed E-state index contributed by atoms with van der Waals surface area (Å²) in [5, 5.41) is 9.88. The van der Waals surface area contributed by atoms with E-state index in [1.165, 1.54) is 0 Å². The molecule has 0 aliphatic carbocycles. The van der Waals surface area contributed by atoms with E-state index in [0.717, 1.165) is 12.2 Å². The minimum absolute atomic E-state index is 0. The van der Waals surface area contributed by atoms with Crippen LogP contribution in [0.2, 0.25) is 0 Å². The van der Waals surface area contributed by atoms with E-state index in [-0.39, 0.29) is 31.0 Å². The molecule has 1 unspecified atom stereocenters. The first kappa shape index (κ1) is 19.2. The van der Waals surface area contributed by atoms with Gasteiger partial charge in [-0.3, -0.25) is 4.79 Å². The van der Waals surface area contributed by atoms with Gasteiger partial charge in [0.1, 0.15) is 5.75 Å². The molecule has 9 heteroatoms. The first-order valence-electron chi connectivity index (χ1n) is 7.82. The van der Waals surface area contributed by atoms with Crippen molar-refractivity contribution < 1.29 is 18.8 Å². The number of morpholine rings is 1. The maximum atomic E-state index is 12.0. The van der Waals surface area contributed by atoms with Gasteiger partial charge in [0.15, 0.2) is 6.61 Å². The summed E-state index contributed by atoms with van der Waals surface area (Å²) in [5.74, 6) is 1.61. The summed E-state index contributed by atoms with van der Waals surface area (Å²) in [7, 11) is 0. The van der Waals surface area contributed by atoms with Gasteiger partial charge in [-0.25, -0.2) is 0 Å². The molecule has 1 aromatic carbocycles. The van der Waals surface area contributed by atoms with Crippen molar-refractivity contribution in [2.24, 2.45) is 0 Å². The van der Waals surface area contributed by atoms with Crippen LogP contribution in [-0.2, 0) is 16.1 Å². The molecule has 1 aliphatic rings. The third kappa shape index (κ3) is 6.00. The molecule has 2 heterocycles. The van der Waals surface area contributed by atoms with Gasteiger partial charge in [-0.1, -0.05) is 5.16 Å². The fourth-order valence-electron chi connectivity index (χ4n) is 2.37. The van der Waals surface area contributed by atoms with E-state index in [4.69, 9.17) is 14.0 Å². The van der Waals surface area contributed by atoms with Gasteiger partial charge in [0.05, 0.1) is 13.2 Å². The Kier molecular flexibility index (Phi) is 7.17. The summed E-state index contributed by atoms with van der Waals surface area (Å²) in [6, 6.07) is 7.22. The number of rotatable bonds is 6. The normalized spacial score (nSPS) is 16.8. The van der Waals surface area contributed by atoms with Crippen LogP contribution in [0.4, 0.5) is 5.69 Å². The molecule has 1 fully saturated rings. The zero-order chi connectivity index (χ0) is 16.8. The largest absolute Gasteiger partial charge is 0.485 e. The summed E-state index contributed by atoms with van der Waals surface area (Å²) < 4.78 is 15.8. The van der Waals surface area contributed by atoms with Crippen LogP contribution in [0.25, 0.3) is 0 Å². The smallest absolute Gasteiger partial charge is 0.226 e. The lowest BCUT2D eigenvalue weighted by atomic mass is 10.2. The van der Waals surface area contributed by atoms with Crippen molar-refractivity contribution in [2.75, 3.05) is 25.1 Å². The molecule has 8 nitrogen and oxygen atoms in total. The highest BCUT2D eigenvalue weighted by Gasteiger charge is 2.16. The van der Waals surface area contributed by atoms with E-state index in [2.05, 4.69) is 20.8 Å². The topological polar surface area (TPSA) is 98.5 Å². The number of amides is 1. The van der Waals surface area contributed by atoms with Crippen molar-refractivity contribution in [2.45, 2.75) is 26.0 Å². The highest BCUT2D eigenvalue weighted by atomic mass is 35.5. The summed E-state index contributed by atoms with van der Waals surface area (Å²) in [6.45, 7) is 4.00. The Labute approximate surface area is 151 Å². The average Bonchev–Trinajstić information content (AvgIpc) is 3.00. The lowest BCUT2D eigenvalue weighted by Crippen LogP contribution is -2.43. The predicted octanol–water partition coefficient (Wildman–Crippen LogP) is 1.70. The number of hydrogen-bond donors (Lipinski definition) is 2. The van der Waals surface area contributed by atoms with Crippen molar-refractivity contribution in [3.63, 3.8) is 0 Å². The first-order valence-corrected chi connectivity index (χ1v) is 7.82. The summed E-state index contributed by atoms with van der Waals surface area (Å²) in [4.78, 5) is 16.1. The second-order valence-electron chi connectivity index (χ2n) is 5.52. The molecular formula is C16H21ClN4O4. The van der Waals surface area contributed by atoms with Crippen molar-refractivity contribution in [3.8, 4) is 5.75 Å². The molecule has 3 rings (SSSR count). The maximum Gasteiger partial charge on any atom is 0.226 e. The Bertz CT molecular complexity index is 671. The molecule has 0 saturated carbocycles. The van der Waals surface area contributed by atoms with Crippen molar-refractivity contribution in [1.82, 2.24) is 15.5 Å². The minimum Gasteiger partial charge on any atom is -0.485 e. The fraction of sp³-hybridized carbons (Fsp3) is 0.438.